The Morgan fingerprint density at radius 2 is 1.75 bits per heavy atom. The average Bonchev–Trinajstić information content (AvgIpc) is 3.31. The van der Waals surface area contributed by atoms with Crippen LogP contribution in [0.5, 0.6) is 0 Å². The van der Waals surface area contributed by atoms with E-state index in [4.69, 9.17) is 0 Å². The van der Waals surface area contributed by atoms with E-state index in [9.17, 15) is 4.79 Å². The quantitative estimate of drug-likeness (QED) is 0.537. The number of carbonyl (C=O) groups is 1. The predicted molar refractivity (Wildman–Crippen MR) is 117 cm³/mol. The predicted octanol–water partition coefficient (Wildman–Crippen LogP) is 6.80. The zero-order chi connectivity index (χ0) is 20.1. The molecule has 1 aromatic carbocycles. The maximum absolute atomic E-state index is 13.4. The Bertz CT molecular complexity index is 862. The molecule has 2 aliphatic carbocycles. The van der Waals surface area contributed by atoms with Crippen molar-refractivity contribution in [2.75, 3.05) is 0 Å². The first-order valence-electron chi connectivity index (χ1n) is 11.0. The summed E-state index contributed by atoms with van der Waals surface area (Å²) in [6.45, 7) is 9.22. The van der Waals surface area contributed by atoms with E-state index in [2.05, 4.69) is 62.7 Å². The van der Waals surface area contributed by atoms with Crippen LogP contribution in [0.1, 0.15) is 94.3 Å². The first kappa shape index (κ1) is 19.5. The second kappa shape index (κ2) is 6.90. The van der Waals surface area contributed by atoms with Gasteiger partial charge < -0.3 is 4.57 Å². The summed E-state index contributed by atoms with van der Waals surface area (Å²) in [6, 6.07) is 9.23. The van der Waals surface area contributed by atoms with Crippen molar-refractivity contribution in [1.29, 1.82) is 0 Å². The molecule has 2 saturated carbocycles. The molecule has 1 heterocycles. The van der Waals surface area contributed by atoms with Crippen molar-refractivity contribution in [1.82, 2.24) is 4.57 Å². The fraction of sp³-hybridized carbons (Fsp3) is 0.577. The minimum absolute atomic E-state index is 0.0956. The number of benzene rings is 1. The number of nitrogens with zero attached hydrogens (tertiary/aromatic N) is 1. The SMILES string of the molecule is Cn1ccc(-c2cc(C(C)(C)C)cc(C3(C)CC3)c2)c1C(=O)C1CCCCC1. The van der Waals surface area contributed by atoms with Gasteiger partial charge in [-0.2, -0.15) is 0 Å². The van der Waals surface area contributed by atoms with Crippen LogP contribution in [0.15, 0.2) is 30.5 Å². The topological polar surface area (TPSA) is 22.0 Å². The molecule has 0 N–H and O–H groups in total. The van der Waals surface area contributed by atoms with Gasteiger partial charge in [-0.05, 0) is 59.3 Å². The van der Waals surface area contributed by atoms with E-state index < -0.39 is 0 Å². The molecule has 2 aliphatic rings. The molecule has 150 valence electrons. The number of aromatic nitrogens is 1. The maximum Gasteiger partial charge on any atom is 0.182 e. The smallest absolute Gasteiger partial charge is 0.182 e. The van der Waals surface area contributed by atoms with Crippen LogP contribution in [0.25, 0.3) is 11.1 Å². The van der Waals surface area contributed by atoms with Gasteiger partial charge >= 0.3 is 0 Å². The van der Waals surface area contributed by atoms with Crippen molar-refractivity contribution in [2.45, 2.75) is 83.5 Å². The van der Waals surface area contributed by atoms with Crippen LogP contribution in [0.3, 0.4) is 0 Å². The molecule has 0 spiro atoms. The zero-order valence-corrected chi connectivity index (χ0v) is 18.3. The summed E-state index contributed by atoms with van der Waals surface area (Å²) >= 11 is 0. The number of hydrogen-bond acceptors (Lipinski definition) is 1. The lowest BCUT2D eigenvalue weighted by Gasteiger charge is -2.24. The number of ketones is 1. The van der Waals surface area contributed by atoms with Crippen molar-refractivity contribution in [3.8, 4) is 11.1 Å². The van der Waals surface area contributed by atoms with Crippen molar-refractivity contribution in [3.63, 3.8) is 0 Å². The Morgan fingerprint density at radius 3 is 2.36 bits per heavy atom. The minimum atomic E-state index is 0.0956. The molecule has 2 fully saturated rings. The molecule has 0 radical (unpaired) electrons. The fourth-order valence-electron chi connectivity index (χ4n) is 4.67. The molecule has 0 aliphatic heterocycles. The molecule has 0 unspecified atom stereocenters. The molecular formula is C26H35NO. The van der Waals surface area contributed by atoms with Gasteiger partial charge in [0.1, 0.15) is 0 Å². The molecule has 0 bridgehead atoms. The van der Waals surface area contributed by atoms with Crippen LogP contribution in [0.2, 0.25) is 0 Å². The lowest BCUT2D eigenvalue weighted by atomic mass is 9.81. The Labute approximate surface area is 170 Å². The Morgan fingerprint density at radius 1 is 1.07 bits per heavy atom. The van der Waals surface area contributed by atoms with Gasteiger partial charge in [0.25, 0.3) is 0 Å². The number of Topliss-reactive ketones (excluding diaryl/α,β-unsaturated/α-hetero) is 1. The molecule has 28 heavy (non-hydrogen) atoms. The van der Waals surface area contributed by atoms with Crippen LogP contribution in [-0.4, -0.2) is 10.4 Å². The monoisotopic (exact) mass is 377 g/mol. The van der Waals surface area contributed by atoms with Gasteiger partial charge in [-0.15, -0.1) is 0 Å². The second-order valence-electron chi connectivity index (χ2n) is 10.5. The zero-order valence-electron chi connectivity index (χ0n) is 18.3. The van der Waals surface area contributed by atoms with E-state index in [-0.39, 0.29) is 11.3 Å². The van der Waals surface area contributed by atoms with Crippen LogP contribution < -0.4 is 0 Å². The van der Waals surface area contributed by atoms with Crippen molar-refractivity contribution >= 4 is 5.78 Å². The van der Waals surface area contributed by atoms with Gasteiger partial charge in [-0.3, -0.25) is 4.79 Å². The number of aryl methyl sites for hydroxylation is 1. The number of hydrogen-bond donors (Lipinski definition) is 0. The summed E-state index contributed by atoms with van der Waals surface area (Å²) in [5, 5.41) is 0. The third kappa shape index (κ3) is 3.58. The highest BCUT2D eigenvalue weighted by molar-refractivity contribution is 6.02. The van der Waals surface area contributed by atoms with E-state index in [0.29, 0.717) is 11.2 Å². The molecule has 1 aromatic heterocycles. The molecule has 2 aromatic rings. The third-order valence-electron chi connectivity index (χ3n) is 7.09. The first-order valence-corrected chi connectivity index (χ1v) is 11.0. The van der Waals surface area contributed by atoms with E-state index >= 15 is 0 Å². The first-order chi connectivity index (χ1) is 13.2. The largest absolute Gasteiger partial charge is 0.348 e. The Hall–Kier alpha value is -1.83. The summed E-state index contributed by atoms with van der Waals surface area (Å²) in [6.07, 6.45) is 10.4. The summed E-state index contributed by atoms with van der Waals surface area (Å²) < 4.78 is 2.05. The van der Waals surface area contributed by atoms with E-state index in [1.165, 1.54) is 48.8 Å². The van der Waals surface area contributed by atoms with Crippen molar-refractivity contribution in [2.24, 2.45) is 13.0 Å². The summed E-state index contributed by atoms with van der Waals surface area (Å²) in [5.41, 5.74) is 6.47. The summed E-state index contributed by atoms with van der Waals surface area (Å²) in [5.74, 6) is 0.551. The minimum Gasteiger partial charge on any atom is -0.348 e. The van der Waals surface area contributed by atoms with Crippen molar-refractivity contribution in [3.05, 3.63) is 47.3 Å². The molecule has 0 saturated heterocycles. The average molecular weight is 378 g/mol. The fourth-order valence-corrected chi connectivity index (χ4v) is 4.67. The van der Waals surface area contributed by atoms with Crippen LogP contribution in [-0.2, 0) is 17.9 Å². The molecule has 4 rings (SSSR count). The van der Waals surface area contributed by atoms with Crippen molar-refractivity contribution < 1.29 is 4.79 Å². The van der Waals surface area contributed by atoms with Gasteiger partial charge in [0.15, 0.2) is 5.78 Å². The number of carbonyl (C=O) groups excluding carboxylic acids is 1. The van der Waals surface area contributed by atoms with Crippen LogP contribution in [0, 0.1) is 5.92 Å². The molecule has 0 atom stereocenters. The lowest BCUT2D eigenvalue weighted by molar-refractivity contribution is 0.0882. The molecule has 2 heteroatoms. The van der Waals surface area contributed by atoms with Gasteiger partial charge in [-0.25, -0.2) is 0 Å². The highest BCUT2D eigenvalue weighted by atomic mass is 16.1. The van der Waals surface area contributed by atoms with Gasteiger partial charge in [0.05, 0.1) is 5.69 Å². The van der Waals surface area contributed by atoms with Crippen LogP contribution in [0.4, 0.5) is 0 Å². The summed E-state index contributed by atoms with van der Waals surface area (Å²) in [4.78, 5) is 13.4. The Balaban J connectivity index is 1.80. The normalized spacial score (nSPS) is 19.6. The molecular weight excluding hydrogens is 342 g/mol. The van der Waals surface area contributed by atoms with Gasteiger partial charge in [0.2, 0.25) is 0 Å². The Kier molecular flexibility index (Phi) is 4.80. The lowest BCUT2D eigenvalue weighted by Crippen LogP contribution is -2.21. The highest BCUT2D eigenvalue weighted by Gasteiger charge is 2.40. The van der Waals surface area contributed by atoms with E-state index in [1.807, 2.05) is 7.05 Å². The van der Waals surface area contributed by atoms with Crippen LogP contribution >= 0.6 is 0 Å². The summed E-state index contributed by atoms with van der Waals surface area (Å²) in [7, 11) is 2.02. The van der Waals surface area contributed by atoms with E-state index in [1.54, 1.807) is 0 Å². The van der Waals surface area contributed by atoms with Gasteiger partial charge in [0, 0.05) is 24.7 Å². The van der Waals surface area contributed by atoms with E-state index in [0.717, 1.165) is 24.1 Å². The second-order valence-corrected chi connectivity index (χ2v) is 10.5. The number of rotatable bonds is 4. The standard InChI is InChI=1S/C26H35NO/c1-25(2,3)20-15-19(16-21(17-20)26(4)12-13-26)22-11-14-27(5)23(22)24(28)18-9-7-6-8-10-18/h11,14-18H,6-10,12-13H2,1-5H3. The van der Waals surface area contributed by atoms with Gasteiger partial charge in [-0.1, -0.05) is 65.2 Å². The highest BCUT2D eigenvalue weighted by Crippen LogP contribution is 2.49. The third-order valence-corrected chi connectivity index (χ3v) is 7.09. The molecule has 2 nitrogen and oxygen atoms in total. The molecule has 0 amide bonds. The maximum atomic E-state index is 13.4.